The molecule has 5 amide bonds. The minimum Gasteiger partial charge on any atom is -0.480 e. The number of nitrogens with one attached hydrogen (secondary N) is 5. The molecule has 0 aliphatic rings. The summed E-state index contributed by atoms with van der Waals surface area (Å²) < 4.78 is 28.1. The van der Waals surface area contributed by atoms with Gasteiger partial charge in [-0.2, -0.15) is 8.78 Å². The van der Waals surface area contributed by atoms with Gasteiger partial charge in [-0.15, -0.1) is 0 Å². The van der Waals surface area contributed by atoms with Crippen molar-refractivity contribution >= 4 is 41.3 Å². The fourth-order valence-electron chi connectivity index (χ4n) is 2.99. The molecule has 0 aromatic rings. The molecule has 0 bridgehead atoms. The van der Waals surface area contributed by atoms with E-state index in [1.54, 1.807) is 13.8 Å². The van der Waals surface area contributed by atoms with Gasteiger partial charge in [0.05, 0.1) is 12.1 Å². The van der Waals surface area contributed by atoms with Gasteiger partial charge >= 0.3 is 11.9 Å². The summed E-state index contributed by atoms with van der Waals surface area (Å²) in [6.07, 6.45) is -0.953. The number of rotatable bonds is 15. The van der Waals surface area contributed by atoms with Crippen molar-refractivity contribution in [2.45, 2.75) is 84.2 Å². The molecular weight excluding hydrogens is 516 g/mol. The summed E-state index contributed by atoms with van der Waals surface area (Å²) in [4.78, 5) is 83.1. The molecule has 0 aliphatic heterocycles. The van der Waals surface area contributed by atoms with Gasteiger partial charge in [0.2, 0.25) is 29.4 Å². The molecule has 0 unspecified atom stereocenters. The van der Waals surface area contributed by atoms with Crippen LogP contribution in [0.1, 0.15) is 48.0 Å². The van der Waals surface area contributed by atoms with Gasteiger partial charge in [-0.1, -0.05) is 20.3 Å². The minimum absolute atomic E-state index is 0.329. The van der Waals surface area contributed by atoms with E-state index in [0.29, 0.717) is 6.42 Å². The van der Waals surface area contributed by atoms with Crippen molar-refractivity contribution < 1.29 is 52.6 Å². The van der Waals surface area contributed by atoms with Crippen LogP contribution in [0.3, 0.4) is 0 Å². The first-order valence-electron chi connectivity index (χ1n) is 11.6. The number of amides is 5. The highest BCUT2D eigenvalue weighted by atomic mass is 19.3. The maximum absolute atomic E-state index is 14.0. The summed E-state index contributed by atoms with van der Waals surface area (Å²) in [5, 5.41) is 28.7. The molecule has 0 saturated heterocycles. The van der Waals surface area contributed by atoms with Gasteiger partial charge in [0.25, 0.3) is 5.91 Å². The van der Waals surface area contributed by atoms with Crippen molar-refractivity contribution in [1.82, 2.24) is 26.6 Å². The van der Waals surface area contributed by atoms with Gasteiger partial charge < -0.3 is 36.8 Å². The van der Waals surface area contributed by atoms with Crippen LogP contribution in [-0.4, -0.2) is 94.2 Å². The van der Waals surface area contributed by atoms with Crippen LogP contribution in [0.25, 0.3) is 0 Å². The lowest BCUT2D eigenvalue weighted by Gasteiger charge is -2.28. The lowest BCUT2D eigenvalue weighted by atomic mass is 9.97. The zero-order valence-corrected chi connectivity index (χ0v) is 21.9. The van der Waals surface area contributed by atoms with E-state index in [1.165, 1.54) is 19.2 Å². The molecule has 16 heteroatoms. The average molecular weight is 552 g/mol. The molecule has 0 radical (unpaired) electrons. The Labute approximate surface area is 217 Å². The van der Waals surface area contributed by atoms with Crippen molar-refractivity contribution in [3.63, 3.8) is 0 Å². The number of carbonyl (C=O) groups is 7. The van der Waals surface area contributed by atoms with E-state index in [0.717, 1.165) is 13.8 Å². The zero-order valence-electron chi connectivity index (χ0n) is 21.9. The van der Waals surface area contributed by atoms with E-state index in [1.807, 2.05) is 5.32 Å². The third-order valence-corrected chi connectivity index (χ3v) is 5.42. The van der Waals surface area contributed by atoms with E-state index in [4.69, 9.17) is 5.11 Å². The molecule has 0 fully saturated rings. The molecule has 38 heavy (non-hydrogen) atoms. The summed E-state index contributed by atoms with van der Waals surface area (Å²) in [5.41, 5.74) is 0. The number of Topliss-reactive ketones (excluding diaryl/α,β-unsaturated/α-hetero) is 1. The van der Waals surface area contributed by atoms with E-state index in [9.17, 15) is 47.4 Å². The molecule has 0 heterocycles. The number of aliphatic carboxylic acids is 1. The zero-order chi connectivity index (χ0) is 30.0. The molecule has 0 aliphatic carbocycles. The molecule has 6 atom stereocenters. The van der Waals surface area contributed by atoms with E-state index in [-0.39, 0.29) is 5.92 Å². The summed E-state index contributed by atoms with van der Waals surface area (Å²) in [6, 6.07) is -5.97. The normalized spacial score (nSPS) is 15.9. The van der Waals surface area contributed by atoms with Crippen molar-refractivity contribution in [1.29, 1.82) is 0 Å². The molecule has 7 N–H and O–H groups in total. The second kappa shape index (κ2) is 14.9. The Hall–Kier alpha value is -3.69. The largest absolute Gasteiger partial charge is 0.480 e. The standard InChI is InChI=1S/C22H35F2N5O9/c1-7-9(2)15(28-13(6)31)19(36)29-16(12(5)30)20(37)27-11(4)18(35)26-10(3)17(34)22(23,24)21(38)25-8-14(32)33/h9-12,15-16,30H,7-8H2,1-6H3,(H,25,38)(H,26,35)(H,27,37)(H,28,31)(H,29,36)(H,32,33)/t9-,10-,11-,12+,15-,16-/m0/s1. The van der Waals surface area contributed by atoms with Gasteiger partial charge in [-0.05, 0) is 26.7 Å². The fraction of sp³-hybridized carbons (Fsp3) is 0.682. The van der Waals surface area contributed by atoms with Crippen LogP contribution < -0.4 is 26.6 Å². The molecule has 0 spiro atoms. The van der Waals surface area contributed by atoms with Crippen LogP contribution in [0.15, 0.2) is 0 Å². The first-order valence-corrected chi connectivity index (χ1v) is 11.6. The smallest absolute Gasteiger partial charge is 0.383 e. The van der Waals surface area contributed by atoms with Crippen LogP contribution in [0.4, 0.5) is 8.78 Å². The molecular formula is C22H35F2N5O9. The molecule has 216 valence electrons. The van der Waals surface area contributed by atoms with Crippen LogP contribution in [0.5, 0.6) is 0 Å². The van der Waals surface area contributed by atoms with Gasteiger partial charge in [-0.3, -0.25) is 33.6 Å². The van der Waals surface area contributed by atoms with Gasteiger partial charge in [0.1, 0.15) is 24.7 Å². The second-order valence-corrected chi connectivity index (χ2v) is 8.77. The van der Waals surface area contributed by atoms with Crippen molar-refractivity contribution in [3.8, 4) is 0 Å². The highest BCUT2D eigenvalue weighted by Gasteiger charge is 2.49. The summed E-state index contributed by atoms with van der Waals surface area (Å²) in [5.74, 6) is -14.2. The Morgan fingerprint density at radius 1 is 0.789 bits per heavy atom. The first-order chi connectivity index (χ1) is 17.4. The minimum atomic E-state index is -4.66. The summed E-state index contributed by atoms with van der Waals surface area (Å²) in [7, 11) is 0. The molecule has 0 saturated carbocycles. The number of carboxylic acid groups (broad SMARTS) is 1. The number of halogens is 2. The number of ketones is 1. The lowest BCUT2D eigenvalue weighted by Crippen LogP contribution is -2.61. The Morgan fingerprint density at radius 2 is 1.29 bits per heavy atom. The lowest BCUT2D eigenvalue weighted by molar-refractivity contribution is -0.161. The Balaban J connectivity index is 5.32. The van der Waals surface area contributed by atoms with Crippen LogP contribution in [0, 0.1) is 5.92 Å². The van der Waals surface area contributed by atoms with Gasteiger partial charge in [0.15, 0.2) is 0 Å². The Morgan fingerprint density at radius 3 is 1.74 bits per heavy atom. The highest BCUT2D eigenvalue weighted by Crippen LogP contribution is 2.17. The Kier molecular flexibility index (Phi) is 13.5. The number of aliphatic hydroxyl groups is 1. The SMILES string of the molecule is CC[C@H](C)[C@H](NC(C)=O)C(=O)N[C@H](C(=O)N[C@@H](C)C(=O)N[C@@H](C)C(=O)C(F)(F)C(=O)NCC(=O)O)[C@@H](C)O. The third-order valence-electron chi connectivity index (χ3n) is 5.42. The molecule has 0 aromatic heterocycles. The predicted octanol–water partition coefficient (Wildman–Crippen LogP) is -2.18. The Bertz CT molecular complexity index is 929. The number of hydrogen-bond donors (Lipinski definition) is 7. The molecule has 0 rings (SSSR count). The summed E-state index contributed by atoms with van der Waals surface area (Å²) in [6.45, 7) is 6.67. The monoisotopic (exact) mass is 551 g/mol. The van der Waals surface area contributed by atoms with E-state index in [2.05, 4.69) is 16.0 Å². The predicted molar refractivity (Wildman–Crippen MR) is 126 cm³/mol. The molecule has 14 nitrogen and oxygen atoms in total. The maximum Gasteiger partial charge on any atom is 0.383 e. The average Bonchev–Trinajstić information content (AvgIpc) is 2.82. The van der Waals surface area contributed by atoms with E-state index >= 15 is 0 Å². The van der Waals surface area contributed by atoms with E-state index < -0.39 is 84.0 Å². The number of aliphatic hydroxyl groups excluding tert-OH is 1. The molecule has 0 aromatic carbocycles. The number of carbonyl (C=O) groups excluding carboxylic acids is 6. The van der Waals surface area contributed by atoms with Crippen molar-refractivity contribution in [2.24, 2.45) is 5.92 Å². The van der Waals surface area contributed by atoms with Crippen LogP contribution in [-0.2, 0) is 33.6 Å². The fourth-order valence-corrected chi connectivity index (χ4v) is 2.99. The second-order valence-electron chi connectivity index (χ2n) is 8.77. The van der Waals surface area contributed by atoms with Crippen LogP contribution in [0.2, 0.25) is 0 Å². The third kappa shape index (κ3) is 10.4. The number of hydrogen-bond acceptors (Lipinski definition) is 8. The maximum atomic E-state index is 14.0. The summed E-state index contributed by atoms with van der Waals surface area (Å²) >= 11 is 0. The van der Waals surface area contributed by atoms with Crippen molar-refractivity contribution in [2.75, 3.05) is 6.54 Å². The van der Waals surface area contributed by atoms with Gasteiger partial charge in [-0.25, -0.2) is 0 Å². The first kappa shape index (κ1) is 34.3. The quantitative estimate of drug-likeness (QED) is 0.110. The van der Waals surface area contributed by atoms with Crippen molar-refractivity contribution in [3.05, 3.63) is 0 Å². The number of alkyl halides is 2. The highest BCUT2D eigenvalue weighted by molar-refractivity contribution is 6.11. The van der Waals surface area contributed by atoms with Crippen LogP contribution >= 0.6 is 0 Å². The van der Waals surface area contributed by atoms with Gasteiger partial charge in [0, 0.05) is 6.92 Å². The number of carboxylic acids is 1. The topological polar surface area (TPSA) is 220 Å².